The number of hydrogen-bond donors (Lipinski definition) is 2. The van der Waals surface area contributed by atoms with Gasteiger partial charge in [0.15, 0.2) is 0 Å². The van der Waals surface area contributed by atoms with Crippen molar-refractivity contribution in [1.29, 1.82) is 0 Å². The molecule has 90 valence electrons. The molecule has 1 aliphatic heterocycles. The summed E-state index contributed by atoms with van der Waals surface area (Å²) in [5.41, 5.74) is -0.154. The Morgan fingerprint density at radius 3 is 2.73 bits per heavy atom. The molecule has 1 fully saturated rings. The van der Waals surface area contributed by atoms with Crippen LogP contribution in [0.5, 0.6) is 0 Å². The highest BCUT2D eigenvalue weighted by Gasteiger charge is 2.27. The number of likely N-dealkylation sites (N-methyl/N-ethyl adjacent to an activating group) is 1. The van der Waals surface area contributed by atoms with Gasteiger partial charge < -0.3 is 10.4 Å². The second-order valence-electron chi connectivity index (χ2n) is 5.14. The molecule has 1 saturated heterocycles. The van der Waals surface area contributed by atoms with Crippen molar-refractivity contribution in [1.82, 2.24) is 10.2 Å². The Morgan fingerprint density at radius 2 is 2.13 bits per heavy atom. The summed E-state index contributed by atoms with van der Waals surface area (Å²) in [4.78, 5) is 2.51. The summed E-state index contributed by atoms with van der Waals surface area (Å²) in [5.74, 6) is 0. The Balaban J connectivity index is 2.53. The van der Waals surface area contributed by atoms with Gasteiger partial charge in [-0.05, 0) is 40.3 Å². The topological polar surface area (TPSA) is 35.5 Å². The van der Waals surface area contributed by atoms with Gasteiger partial charge >= 0.3 is 0 Å². The monoisotopic (exact) mass is 214 g/mol. The van der Waals surface area contributed by atoms with Crippen molar-refractivity contribution >= 4 is 0 Å². The fourth-order valence-corrected chi connectivity index (χ4v) is 2.23. The third kappa shape index (κ3) is 3.74. The Hall–Kier alpha value is -0.120. The molecule has 1 aliphatic rings. The van der Waals surface area contributed by atoms with E-state index in [1.807, 2.05) is 7.05 Å². The Kier molecular flexibility index (Phi) is 5.03. The van der Waals surface area contributed by atoms with Crippen molar-refractivity contribution in [3.63, 3.8) is 0 Å². The van der Waals surface area contributed by atoms with Crippen LogP contribution >= 0.6 is 0 Å². The van der Waals surface area contributed by atoms with Crippen LogP contribution in [0.2, 0.25) is 0 Å². The third-order valence-corrected chi connectivity index (χ3v) is 3.70. The Bertz CT molecular complexity index is 180. The van der Waals surface area contributed by atoms with Crippen molar-refractivity contribution in [2.75, 3.05) is 26.7 Å². The van der Waals surface area contributed by atoms with Gasteiger partial charge in [0, 0.05) is 12.6 Å². The predicted molar refractivity (Wildman–Crippen MR) is 64.1 cm³/mol. The largest absolute Gasteiger partial charge is 0.394 e. The van der Waals surface area contributed by atoms with Crippen LogP contribution in [-0.2, 0) is 0 Å². The van der Waals surface area contributed by atoms with Crippen molar-refractivity contribution in [2.24, 2.45) is 0 Å². The first-order valence-corrected chi connectivity index (χ1v) is 6.15. The van der Waals surface area contributed by atoms with Gasteiger partial charge in [-0.2, -0.15) is 0 Å². The summed E-state index contributed by atoms with van der Waals surface area (Å²) in [5, 5.41) is 12.6. The summed E-state index contributed by atoms with van der Waals surface area (Å²) in [7, 11) is 1.93. The molecule has 0 radical (unpaired) electrons. The smallest absolute Gasteiger partial charge is 0.0623 e. The van der Waals surface area contributed by atoms with E-state index in [4.69, 9.17) is 0 Å². The number of aliphatic hydroxyl groups excluding tert-OH is 1. The molecule has 2 atom stereocenters. The number of likely N-dealkylation sites (tertiary alicyclic amines) is 1. The lowest BCUT2D eigenvalue weighted by atomic mass is 10.0. The normalized spacial score (nSPS) is 28.4. The van der Waals surface area contributed by atoms with Gasteiger partial charge in [-0.25, -0.2) is 0 Å². The molecule has 0 spiro atoms. The first kappa shape index (κ1) is 12.9. The maximum absolute atomic E-state index is 9.38. The summed E-state index contributed by atoms with van der Waals surface area (Å²) in [6.45, 7) is 6.72. The maximum Gasteiger partial charge on any atom is 0.0623 e. The van der Waals surface area contributed by atoms with Crippen molar-refractivity contribution < 1.29 is 5.11 Å². The molecule has 0 aromatic carbocycles. The average molecular weight is 214 g/mol. The van der Waals surface area contributed by atoms with Crippen LogP contribution in [0.1, 0.15) is 39.5 Å². The first-order chi connectivity index (χ1) is 7.11. The van der Waals surface area contributed by atoms with Gasteiger partial charge in [-0.15, -0.1) is 0 Å². The zero-order chi connectivity index (χ0) is 11.3. The zero-order valence-electron chi connectivity index (χ0n) is 10.4. The highest BCUT2D eigenvalue weighted by molar-refractivity contribution is 4.87. The third-order valence-electron chi connectivity index (χ3n) is 3.70. The van der Waals surface area contributed by atoms with Gasteiger partial charge in [0.05, 0.1) is 12.1 Å². The van der Waals surface area contributed by atoms with Crippen LogP contribution in [0, 0.1) is 0 Å². The molecule has 0 aliphatic carbocycles. The molecule has 3 nitrogen and oxygen atoms in total. The molecule has 0 amide bonds. The van der Waals surface area contributed by atoms with Crippen LogP contribution in [0.25, 0.3) is 0 Å². The van der Waals surface area contributed by atoms with Gasteiger partial charge in [-0.3, -0.25) is 4.90 Å². The zero-order valence-corrected chi connectivity index (χ0v) is 10.4. The van der Waals surface area contributed by atoms with E-state index in [0.717, 1.165) is 6.54 Å². The minimum absolute atomic E-state index is 0.154. The lowest BCUT2D eigenvalue weighted by Crippen LogP contribution is -2.54. The predicted octanol–water partition coefficient (Wildman–Crippen LogP) is 1.22. The molecule has 2 N–H and O–H groups in total. The van der Waals surface area contributed by atoms with Crippen LogP contribution in [0.4, 0.5) is 0 Å². The molecule has 3 heteroatoms. The van der Waals surface area contributed by atoms with Crippen molar-refractivity contribution in [2.45, 2.75) is 51.1 Å². The Morgan fingerprint density at radius 1 is 1.40 bits per heavy atom. The number of hydrogen-bond acceptors (Lipinski definition) is 3. The van der Waals surface area contributed by atoms with E-state index >= 15 is 0 Å². The first-order valence-electron chi connectivity index (χ1n) is 6.15. The summed E-state index contributed by atoms with van der Waals surface area (Å²) in [6, 6.07) is 0.659. The molecule has 0 aromatic rings. The molecular formula is C12H26N2O. The van der Waals surface area contributed by atoms with E-state index in [-0.39, 0.29) is 12.1 Å². The number of rotatable bonds is 4. The molecule has 1 rings (SSSR count). The highest BCUT2D eigenvalue weighted by atomic mass is 16.3. The lowest BCUT2D eigenvalue weighted by Gasteiger charge is -2.36. The SMILES string of the molecule is CNC(C)(CO)CN1CCCCCC1C. The quantitative estimate of drug-likeness (QED) is 0.738. The second-order valence-corrected chi connectivity index (χ2v) is 5.14. The van der Waals surface area contributed by atoms with E-state index in [2.05, 4.69) is 24.1 Å². The minimum atomic E-state index is -0.154. The number of nitrogens with zero attached hydrogens (tertiary/aromatic N) is 1. The molecule has 0 aromatic heterocycles. The van der Waals surface area contributed by atoms with E-state index in [0.29, 0.717) is 6.04 Å². The Labute approximate surface area is 93.9 Å². The molecule has 1 heterocycles. The van der Waals surface area contributed by atoms with E-state index in [1.54, 1.807) is 0 Å². The van der Waals surface area contributed by atoms with Gasteiger partial charge in [0.1, 0.15) is 0 Å². The number of nitrogens with one attached hydrogen (secondary N) is 1. The fraction of sp³-hybridized carbons (Fsp3) is 1.00. The van der Waals surface area contributed by atoms with E-state index in [9.17, 15) is 5.11 Å². The molecule has 2 unspecified atom stereocenters. The fourth-order valence-electron chi connectivity index (χ4n) is 2.23. The summed E-state index contributed by atoms with van der Waals surface area (Å²) in [6.07, 6.45) is 5.31. The van der Waals surface area contributed by atoms with Crippen LogP contribution < -0.4 is 5.32 Å². The standard InChI is InChI=1S/C12H26N2O/c1-11-7-5-4-6-8-14(11)9-12(2,10-15)13-3/h11,13,15H,4-10H2,1-3H3. The summed E-state index contributed by atoms with van der Waals surface area (Å²) < 4.78 is 0. The van der Waals surface area contributed by atoms with Crippen molar-refractivity contribution in [3.05, 3.63) is 0 Å². The van der Waals surface area contributed by atoms with Gasteiger partial charge in [-0.1, -0.05) is 12.8 Å². The molecule has 0 saturated carbocycles. The van der Waals surface area contributed by atoms with E-state index in [1.165, 1.54) is 32.2 Å². The van der Waals surface area contributed by atoms with Crippen molar-refractivity contribution in [3.8, 4) is 0 Å². The highest BCUT2D eigenvalue weighted by Crippen LogP contribution is 2.18. The lowest BCUT2D eigenvalue weighted by molar-refractivity contribution is 0.105. The maximum atomic E-state index is 9.38. The summed E-state index contributed by atoms with van der Waals surface area (Å²) >= 11 is 0. The van der Waals surface area contributed by atoms with Crippen LogP contribution in [0.3, 0.4) is 0 Å². The van der Waals surface area contributed by atoms with Crippen LogP contribution in [-0.4, -0.2) is 48.3 Å². The van der Waals surface area contributed by atoms with Gasteiger partial charge in [0.2, 0.25) is 0 Å². The second kappa shape index (κ2) is 5.83. The number of aliphatic hydroxyl groups is 1. The minimum Gasteiger partial charge on any atom is -0.394 e. The average Bonchev–Trinajstić information content (AvgIpc) is 2.44. The van der Waals surface area contributed by atoms with Gasteiger partial charge in [0.25, 0.3) is 0 Å². The molecular weight excluding hydrogens is 188 g/mol. The van der Waals surface area contributed by atoms with Crippen LogP contribution in [0.15, 0.2) is 0 Å². The molecule has 0 bridgehead atoms. The molecule has 15 heavy (non-hydrogen) atoms. The van der Waals surface area contributed by atoms with E-state index < -0.39 is 0 Å².